The first-order chi connectivity index (χ1) is 14.0. The molecule has 1 spiro atoms. The summed E-state index contributed by atoms with van der Waals surface area (Å²) in [6.07, 6.45) is 4.32. The number of carbonyl (C=O) groups is 1. The minimum absolute atomic E-state index is 0.284. The Hall–Kier alpha value is -1.79. The molecule has 3 aliphatic rings. The minimum atomic E-state index is -0.387. The highest BCUT2D eigenvalue weighted by Crippen LogP contribution is 2.43. The Kier molecular flexibility index (Phi) is 5.76. The molecular weight excluding hydrogens is 368 g/mol. The van der Waals surface area contributed by atoms with Crippen molar-refractivity contribution < 1.29 is 19.4 Å². The number of amides is 1. The molecule has 29 heavy (non-hydrogen) atoms. The number of β-amino-alcohol motifs (C(OH)–C–C–N with tert-alkyl or cyclic N) is 1. The molecule has 1 aliphatic carbocycles. The van der Waals surface area contributed by atoms with Crippen LogP contribution in [0.25, 0.3) is 0 Å². The first-order valence-corrected chi connectivity index (χ1v) is 10.9. The van der Waals surface area contributed by atoms with Crippen LogP contribution in [0.2, 0.25) is 0 Å². The second-order valence-corrected chi connectivity index (χ2v) is 9.15. The number of carbonyl (C=O) groups excluding carboxylic acids is 1. The molecule has 2 heterocycles. The quantitative estimate of drug-likeness (QED) is 0.793. The van der Waals surface area contributed by atoms with Crippen LogP contribution in [0.3, 0.4) is 0 Å². The molecule has 0 bridgehead atoms. The smallest absolute Gasteiger partial charge is 0.229 e. The molecule has 6 nitrogen and oxygen atoms in total. The number of nitrogens with zero attached hydrogens (tertiary/aromatic N) is 2. The number of aliphatic hydroxyl groups is 1. The van der Waals surface area contributed by atoms with Gasteiger partial charge in [0.2, 0.25) is 5.91 Å². The van der Waals surface area contributed by atoms with E-state index < -0.39 is 0 Å². The number of ether oxygens (including phenoxy) is 2. The standard InChI is InChI=1S/C23H34N2O4/c1-16-20(28-2)7-6-18(21(16)29-3)14-24-10-8-23(9-11-24)12-19(26)15-25(22(23)27)13-17-4-5-17/h6-7,17,19,26H,4-5,8-15H2,1-3H3. The molecular formula is C23H34N2O4. The Morgan fingerprint density at radius 3 is 2.52 bits per heavy atom. The van der Waals surface area contributed by atoms with Gasteiger partial charge in [0.05, 0.1) is 25.7 Å². The summed E-state index contributed by atoms with van der Waals surface area (Å²) in [6.45, 7) is 5.90. The van der Waals surface area contributed by atoms with Gasteiger partial charge in [0.25, 0.3) is 0 Å². The van der Waals surface area contributed by atoms with Crippen LogP contribution in [0, 0.1) is 18.3 Å². The zero-order chi connectivity index (χ0) is 20.6. The van der Waals surface area contributed by atoms with Gasteiger partial charge < -0.3 is 19.5 Å². The summed E-state index contributed by atoms with van der Waals surface area (Å²) in [5.74, 6) is 2.66. The molecule has 2 aliphatic heterocycles. The Balaban J connectivity index is 1.42. The average Bonchev–Trinajstić information content (AvgIpc) is 3.52. The largest absolute Gasteiger partial charge is 0.496 e. The molecule has 160 valence electrons. The number of hydrogen-bond donors (Lipinski definition) is 1. The molecule has 1 N–H and O–H groups in total. The van der Waals surface area contributed by atoms with E-state index in [1.807, 2.05) is 17.9 Å². The van der Waals surface area contributed by atoms with Gasteiger partial charge in [0.15, 0.2) is 0 Å². The van der Waals surface area contributed by atoms with Gasteiger partial charge in [0.1, 0.15) is 11.5 Å². The number of aliphatic hydroxyl groups excluding tert-OH is 1. The van der Waals surface area contributed by atoms with E-state index >= 15 is 0 Å². The molecule has 4 rings (SSSR count). The Bertz CT molecular complexity index is 751. The molecule has 1 aromatic rings. The molecule has 6 heteroatoms. The lowest BCUT2D eigenvalue weighted by atomic mass is 9.70. The summed E-state index contributed by atoms with van der Waals surface area (Å²) < 4.78 is 11.1. The Morgan fingerprint density at radius 1 is 1.17 bits per heavy atom. The van der Waals surface area contributed by atoms with Crippen molar-refractivity contribution in [2.45, 2.75) is 51.7 Å². The van der Waals surface area contributed by atoms with Gasteiger partial charge in [0, 0.05) is 30.8 Å². The van der Waals surface area contributed by atoms with Crippen LogP contribution < -0.4 is 9.47 Å². The third-order valence-electron chi connectivity index (χ3n) is 7.04. The normalized spacial score (nSPS) is 24.8. The summed E-state index contributed by atoms with van der Waals surface area (Å²) in [5.41, 5.74) is 1.79. The summed E-state index contributed by atoms with van der Waals surface area (Å²) in [5, 5.41) is 10.5. The molecule has 1 unspecified atom stereocenters. The molecule has 1 saturated carbocycles. The van der Waals surface area contributed by atoms with Crippen LogP contribution in [0.15, 0.2) is 12.1 Å². The van der Waals surface area contributed by atoms with E-state index in [4.69, 9.17) is 9.47 Å². The first-order valence-electron chi connectivity index (χ1n) is 10.9. The van der Waals surface area contributed by atoms with E-state index in [1.165, 1.54) is 12.8 Å². The van der Waals surface area contributed by atoms with E-state index in [9.17, 15) is 9.90 Å². The van der Waals surface area contributed by atoms with Crippen LogP contribution in [0.1, 0.15) is 43.2 Å². The second-order valence-electron chi connectivity index (χ2n) is 9.15. The number of rotatable bonds is 6. The van der Waals surface area contributed by atoms with Crippen LogP contribution in [0.5, 0.6) is 11.5 Å². The van der Waals surface area contributed by atoms with Crippen molar-refractivity contribution in [3.8, 4) is 11.5 Å². The van der Waals surface area contributed by atoms with Gasteiger partial charge in [-0.2, -0.15) is 0 Å². The molecule has 3 fully saturated rings. The number of likely N-dealkylation sites (tertiary alicyclic amines) is 2. The fraction of sp³-hybridized carbons (Fsp3) is 0.696. The lowest BCUT2D eigenvalue weighted by Gasteiger charge is -2.48. The van der Waals surface area contributed by atoms with Crippen molar-refractivity contribution in [3.63, 3.8) is 0 Å². The van der Waals surface area contributed by atoms with Crippen molar-refractivity contribution in [2.24, 2.45) is 11.3 Å². The van der Waals surface area contributed by atoms with Crippen molar-refractivity contribution in [3.05, 3.63) is 23.3 Å². The fourth-order valence-electron chi connectivity index (χ4n) is 5.20. The zero-order valence-electron chi connectivity index (χ0n) is 17.9. The lowest BCUT2D eigenvalue weighted by Crippen LogP contribution is -2.57. The van der Waals surface area contributed by atoms with Crippen molar-refractivity contribution in [1.82, 2.24) is 9.80 Å². The highest BCUT2D eigenvalue weighted by Gasteiger charge is 2.49. The third-order valence-corrected chi connectivity index (χ3v) is 7.04. The number of hydrogen-bond acceptors (Lipinski definition) is 5. The summed E-state index contributed by atoms with van der Waals surface area (Å²) in [7, 11) is 3.38. The molecule has 1 aromatic carbocycles. The monoisotopic (exact) mass is 402 g/mol. The average molecular weight is 403 g/mol. The van der Waals surface area contributed by atoms with E-state index in [-0.39, 0.29) is 17.4 Å². The van der Waals surface area contributed by atoms with Crippen molar-refractivity contribution in [2.75, 3.05) is 40.4 Å². The van der Waals surface area contributed by atoms with E-state index in [0.29, 0.717) is 18.9 Å². The van der Waals surface area contributed by atoms with Crippen LogP contribution in [0.4, 0.5) is 0 Å². The van der Waals surface area contributed by atoms with Crippen LogP contribution in [-0.4, -0.2) is 67.3 Å². The van der Waals surface area contributed by atoms with Gasteiger partial charge in [-0.25, -0.2) is 0 Å². The molecule has 1 amide bonds. The van der Waals surface area contributed by atoms with E-state index in [1.54, 1.807) is 14.2 Å². The van der Waals surface area contributed by atoms with Gasteiger partial charge in [-0.15, -0.1) is 0 Å². The first kappa shape index (κ1) is 20.5. The highest BCUT2D eigenvalue weighted by molar-refractivity contribution is 5.84. The summed E-state index contributed by atoms with van der Waals surface area (Å²) in [6, 6.07) is 4.07. The number of benzene rings is 1. The second kappa shape index (κ2) is 8.15. The van der Waals surface area contributed by atoms with Gasteiger partial charge >= 0.3 is 0 Å². The SMILES string of the molecule is COc1ccc(CN2CCC3(CC2)CC(O)CN(CC2CC2)C3=O)c(OC)c1C. The zero-order valence-corrected chi connectivity index (χ0v) is 17.9. The highest BCUT2D eigenvalue weighted by atomic mass is 16.5. The molecule has 0 radical (unpaired) electrons. The topological polar surface area (TPSA) is 62.2 Å². The third kappa shape index (κ3) is 4.10. The van der Waals surface area contributed by atoms with E-state index in [2.05, 4.69) is 11.0 Å². The maximum absolute atomic E-state index is 13.3. The number of piperidine rings is 2. The molecule has 1 atom stereocenters. The minimum Gasteiger partial charge on any atom is -0.496 e. The fourth-order valence-corrected chi connectivity index (χ4v) is 5.20. The lowest BCUT2D eigenvalue weighted by molar-refractivity contribution is -0.157. The Morgan fingerprint density at radius 2 is 1.90 bits per heavy atom. The van der Waals surface area contributed by atoms with Crippen molar-refractivity contribution >= 4 is 5.91 Å². The van der Waals surface area contributed by atoms with Gasteiger partial charge in [-0.05, 0) is 64.1 Å². The number of methoxy groups -OCH3 is 2. The van der Waals surface area contributed by atoms with Crippen LogP contribution in [-0.2, 0) is 11.3 Å². The predicted molar refractivity (Wildman–Crippen MR) is 111 cm³/mol. The van der Waals surface area contributed by atoms with Crippen LogP contribution >= 0.6 is 0 Å². The van der Waals surface area contributed by atoms with Gasteiger partial charge in [-0.3, -0.25) is 9.69 Å². The summed E-state index contributed by atoms with van der Waals surface area (Å²) >= 11 is 0. The summed E-state index contributed by atoms with van der Waals surface area (Å²) in [4.78, 5) is 17.6. The van der Waals surface area contributed by atoms with Crippen molar-refractivity contribution in [1.29, 1.82) is 0 Å². The maximum Gasteiger partial charge on any atom is 0.229 e. The maximum atomic E-state index is 13.3. The predicted octanol–water partition coefficient (Wildman–Crippen LogP) is 2.60. The molecule has 0 aromatic heterocycles. The van der Waals surface area contributed by atoms with Gasteiger partial charge in [-0.1, -0.05) is 6.07 Å². The van der Waals surface area contributed by atoms with E-state index in [0.717, 1.165) is 61.6 Å². The Labute approximate surface area is 173 Å². The molecule has 2 saturated heterocycles.